The molecule has 1 aliphatic heterocycles. The molecule has 0 spiro atoms. The second-order valence-corrected chi connectivity index (χ2v) is 29.6. The number of fused-ring (bicyclic) bond motifs is 3. The summed E-state index contributed by atoms with van der Waals surface area (Å²) >= 11 is 39.7. The fourth-order valence-electron chi connectivity index (χ4n) is 13.2. The van der Waals surface area contributed by atoms with Crippen molar-refractivity contribution in [3.8, 4) is 68.7 Å². The van der Waals surface area contributed by atoms with Crippen molar-refractivity contribution in [2.45, 2.75) is 33.7 Å². The van der Waals surface area contributed by atoms with E-state index in [9.17, 15) is 28.8 Å². The highest BCUT2D eigenvalue weighted by Gasteiger charge is 2.29. The number of rotatable bonds is 26. The number of carbonyl (C=O) groups is 3. The van der Waals surface area contributed by atoms with Gasteiger partial charge >= 0.3 is 0 Å². The van der Waals surface area contributed by atoms with Gasteiger partial charge in [0, 0.05) is 83.4 Å². The predicted octanol–water partition coefficient (Wildman–Crippen LogP) is 16.5. The van der Waals surface area contributed by atoms with Crippen molar-refractivity contribution < 1.29 is 47.5 Å². The highest BCUT2D eigenvalue weighted by molar-refractivity contribution is 6.42. The summed E-state index contributed by atoms with van der Waals surface area (Å²) in [6, 6.07) is 24.6. The number of carbonyl (C=O) groups excluding carboxylic acids is 3. The van der Waals surface area contributed by atoms with Gasteiger partial charge in [-0.2, -0.15) is 0 Å². The summed E-state index contributed by atoms with van der Waals surface area (Å²) in [6.45, 7) is 20.5. The van der Waals surface area contributed by atoms with Crippen LogP contribution in [0.3, 0.4) is 0 Å². The number of nitrogens with one attached hydrogen (secondary N) is 5. The molecule has 6 aromatic carbocycles. The van der Waals surface area contributed by atoms with Crippen molar-refractivity contribution in [3.05, 3.63) is 225 Å². The summed E-state index contributed by atoms with van der Waals surface area (Å²) in [5.41, 5.74) is 8.51. The number of methoxy groups -OCH3 is 7. The van der Waals surface area contributed by atoms with E-state index in [1.807, 2.05) is 51.1 Å². The first-order valence-corrected chi connectivity index (χ1v) is 39.3. The van der Waals surface area contributed by atoms with Crippen LogP contribution in [0.25, 0.3) is 66.9 Å². The number of likely N-dealkylation sites (N-methyl/N-ethyl adjacent to an activating group) is 1. The number of halogens is 6. The highest BCUT2D eigenvalue weighted by Crippen LogP contribution is 2.49. The summed E-state index contributed by atoms with van der Waals surface area (Å²) in [7, 11) is 15.6. The van der Waals surface area contributed by atoms with Crippen LogP contribution in [0.2, 0.25) is 30.1 Å². The molecule has 121 heavy (non-hydrogen) atoms. The number of piperazine rings is 1. The summed E-state index contributed by atoms with van der Waals surface area (Å²) in [6.07, 6.45) is 8.35. The van der Waals surface area contributed by atoms with Gasteiger partial charge in [0.1, 0.15) is 69.4 Å². The van der Waals surface area contributed by atoms with Crippen LogP contribution in [0.1, 0.15) is 22.3 Å². The van der Waals surface area contributed by atoms with Gasteiger partial charge in [0.25, 0.3) is 16.7 Å². The maximum atomic E-state index is 13.9. The summed E-state index contributed by atoms with van der Waals surface area (Å²) in [5.74, 6) is 2.98. The van der Waals surface area contributed by atoms with Crippen LogP contribution in [0.15, 0.2) is 156 Å². The van der Waals surface area contributed by atoms with E-state index in [2.05, 4.69) is 89.2 Å². The summed E-state index contributed by atoms with van der Waals surface area (Å²) in [5, 5.41) is 17.4. The number of nitrogens with zero attached hydrogens (tertiary/aromatic N) is 11. The third-order valence-electron chi connectivity index (χ3n) is 19.7. The van der Waals surface area contributed by atoms with Crippen LogP contribution in [0.4, 0.5) is 51.6 Å². The number of anilines is 9. The minimum atomic E-state index is -0.360. The SMILES string of the molecule is C=CC(=O)Cc1cc(N2CCN(C)CC2)cc(C)c1Nc1cc2c(=O)n(C)c(-c3c(Cl)c(OC)cc(OC)c3Cl)nc2cn1.C=CC(=O)Nc1cccc(C)c1Nc1cc2c(=O)n(C)c(-c3c(Cl)c(OC)cc(OC)c3Cl)nc2cn1.C=CC(=O)Nc1cccc(C)c1Nc1cc2c(=O)n(CCOC)c(-c3c(Cl)c(OC)cc(OC)c3Cl)nc2cn1. The molecule has 13 rings (SSSR count). The molecule has 0 saturated carbocycles. The molecular weight excluding hydrogens is 1680 g/mol. The van der Waals surface area contributed by atoms with Crippen LogP contribution in [-0.4, -0.2) is 156 Å². The molecule has 1 fully saturated rings. The molecule has 5 N–H and O–H groups in total. The van der Waals surface area contributed by atoms with Crippen molar-refractivity contribution in [3.63, 3.8) is 0 Å². The average molecular weight is 1760 g/mol. The van der Waals surface area contributed by atoms with E-state index in [-0.39, 0.29) is 107 Å². The molecule has 0 atom stereocenters. The van der Waals surface area contributed by atoms with Gasteiger partial charge in [0.05, 0.1) is 177 Å². The smallest absolute Gasteiger partial charge is 0.261 e. The Bertz CT molecular complexity index is 6230. The Morgan fingerprint density at radius 2 is 0.818 bits per heavy atom. The number of aromatic nitrogens is 9. The Labute approximate surface area is 725 Å². The number of aryl methyl sites for hydroxylation is 3. The highest BCUT2D eigenvalue weighted by atomic mass is 35.5. The van der Waals surface area contributed by atoms with E-state index in [0.717, 1.165) is 59.8 Å². The molecule has 29 nitrogen and oxygen atoms in total. The topological polar surface area (TPSA) is 326 Å². The van der Waals surface area contributed by atoms with Crippen molar-refractivity contribution in [1.82, 2.24) is 48.5 Å². The lowest BCUT2D eigenvalue weighted by molar-refractivity contribution is -0.114. The van der Waals surface area contributed by atoms with Gasteiger partial charge in [-0.25, -0.2) is 29.9 Å². The Morgan fingerprint density at radius 1 is 0.455 bits per heavy atom. The maximum Gasteiger partial charge on any atom is 0.261 e. The van der Waals surface area contributed by atoms with Gasteiger partial charge in [0.2, 0.25) is 11.8 Å². The Hall–Kier alpha value is -12.3. The lowest BCUT2D eigenvalue weighted by Crippen LogP contribution is -2.44. The normalized spacial score (nSPS) is 11.8. The molecule has 0 unspecified atom stereocenters. The predicted molar refractivity (Wildman–Crippen MR) is 481 cm³/mol. The molecule has 0 bridgehead atoms. The van der Waals surface area contributed by atoms with Gasteiger partial charge < -0.3 is 69.5 Å². The number of hydrogen-bond donors (Lipinski definition) is 5. The Kier molecular flexibility index (Phi) is 29.0. The zero-order valence-corrected chi connectivity index (χ0v) is 72.6. The number of para-hydroxylation sites is 2. The molecular formula is C86H84Cl6N16O13. The van der Waals surface area contributed by atoms with Gasteiger partial charge in [-0.05, 0) is 111 Å². The molecule has 0 aliphatic carbocycles. The van der Waals surface area contributed by atoms with Crippen LogP contribution < -0.4 is 76.6 Å². The maximum absolute atomic E-state index is 13.9. The number of ether oxygens (including phenoxy) is 7. The number of pyridine rings is 3. The third-order valence-corrected chi connectivity index (χ3v) is 22.0. The monoisotopic (exact) mass is 1760 g/mol. The molecule has 628 valence electrons. The van der Waals surface area contributed by atoms with Gasteiger partial charge in [-0.3, -0.25) is 42.5 Å². The van der Waals surface area contributed by atoms with Crippen molar-refractivity contribution in [2.24, 2.45) is 14.1 Å². The molecule has 0 radical (unpaired) electrons. The number of ketones is 1. The van der Waals surface area contributed by atoms with Crippen LogP contribution in [-0.2, 0) is 46.2 Å². The molecule has 2 amide bonds. The molecule has 35 heteroatoms. The fraction of sp³-hybridized carbons (Fsp3) is 0.233. The summed E-state index contributed by atoms with van der Waals surface area (Å²) < 4.78 is 41.7. The minimum absolute atomic E-state index is 0.0912. The molecule has 12 aromatic rings. The lowest BCUT2D eigenvalue weighted by Gasteiger charge is -2.34. The van der Waals surface area contributed by atoms with Crippen molar-refractivity contribution >= 4 is 171 Å². The minimum Gasteiger partial charge on any atom is -0.495 e. The van der Waals surface area contributed by atoms with E-state index in [1.165, 1.54) is 100 Å². The first kappa shape index (κ1) is 89.5. The van der Waals surface area contributed by atoms with E-state index in [1.54, 1.807) is 62.6 Å². The third kappa shape index (κ3) is 19.1. The average Bonchev–Trinajstić information content (AvgIpc) is 0.757. The fourth-order valence-corrected chi connectivity index (χ4v) is 15.3. The van der Waals surface area contributed by atoms with Crippen molar-refractivity contribution in [1.29, 1.82) is 0 Å². The number of benzene rings is 6. The second kappa shape index (κ2) is 39.3. The van der Waals surface area contributed by atoms with Crippen LogP contribution in [0.5, 0.6) is 34.5 Å². The Balaban J connectivity index is 0.000000178. The standard InChI is InChI=1S/C32H34Cl2N6O4.C28H27Cl2N5O5.C26H23Cl2N5O4/c1-7-21(41)14-19-13-20(40-10-8-38(3)9-11-40)12-18(2)30(19)37-26-15-22-23(17-35-26)36-31(39(4)32(22)42)27-28(33)24(43-5)16-25(44-6)29(27)34;1-6-22(36)32-17-9-7-8-15(2)26(17)34-21-12-16-18(14-31-21)33-27(35(28(16)37)10-11-38-3)23-24(29)19(39-4)13-20(40-5)25(23)30;1-6-20(34)30-15-9-7-8-13(2)24(15)32-19-10-14-16(12-29-19)31-25(33(3)26(14)35)21-22(27)17(36-4)11-18(37-5)23(21)28/h7,12-13,15-17H,1,8-11,14H2,2-6H3,(H,35,37);6-9,12-14H,1,10-11H2,2-5H3,(H,31,34)(H,32,36);6-12H,1H2,2-5H3,(H,29,32)(H,30,34). The van der Waals surface area contributed by atoms with Crippen LogP contribution in [0, 0.1) is 20.8 Å². The number of allylic oxidation sites excluding steroid dienone is 1. The Morgan fingerprint density at radius 3 is 1.18 bits per heavy atom. The first-order valence-electron chi connectivity index (χ1n) is 37.0. The zero-order chi connectivity index (χ0) is 87.5. The van der Waals surface area contributed by atoms with E-state index in [0.29, 0.717) is 119 Å². The molecule has 6 aromatic heterocycles. The van der Waals surface area contributed by atoms with E-state index in [4.69, 9.17) is 113 Å². The van der Waals surface area contributed by atoms with Gasteiger partial charge in [-0.1, -0.05) is 114 Å². The largest absolute Gasteiger partial charge is 0.495 e. The lowest BCUT2D eigenvalue weighted by atomic mass is 10.0. The molecule has 1 aliphatic rings. The van der Waals surface area contributed by atoms with E-state index < -0.39 is 0 Å². The van der Waals surface area contributed by atoms with E-state index >= 15 is 0 Å². The second-order valence-electron chi connectivity index (χ2n) is 27.3. The molecule has 7 heterocycles. The zero-order valence-electron chi connectivity index (χ0n) is 68.1. The quantitative estimate of drug-likeness (QED) is 0.0314. The van der Waals surface area contributed by atoms with Gasteiger partial charge in [0.15, 0.2) is 5.78 Å². The van der Waals surface area contributed by atoms with Crippen molar-refractivity contribution in [2.75, 3.05) is 121 Å². The van der Waals surface area contributed by atoms with Crippen LogP contribution >= 0.6 is 69.6 Å². The summed E-state index contributed by atoms with van der Waals surface area (Å²) in [4.78, 5) is 109. The number of hydrogen-bond acceptors (Lipinski definition) is 24. The number of amides is 2. The first-order chi connectivity index (χ1) is 58.0. The van der Waals surface area contributed by atoms with Gasteiger partial charge in [-0.15, -0.1) is 0 Å². The molecule has 1 saturated heterocycles.